The minimum absolute atomic E-state index is 0.0586. The molecule has 3 nitrogen and oxygen atoms in total. The molecule has 1 N–H and O–H groups in total. The van der Waals surface area contributed by atoms with Crippen molar-refractivity contribution in [1.82, 2.24) is 10.4 Å². The van der Waals surface area contributed by atoms with Crippen LogP contribution in [0.2, 0.25) is 0 Å². The summed E-state index contributed by atoms with van der Waals surface area (Å²) in [5.74, 6) is -0.370. The van der Waals surface area contributed by atoms with E-state index in [1.807, 2.05) is 37.3 Å². The van der Waals surface area contributed by atoms with Crippen LogP contribution in [-0.4, -0.2) is 23.6 Å². The van der Waals surface area contributed by atoms with Crippen molar-refractivity contribution in [3.63, 3.8) is 0 Å². The highest BCUT2D eigenvalue weighted by atomic mass is 19.4. The number of hydrogen-bond acceptors (Lipinski definition) is 2. The molecule has 1 aliphatic heterocycles. The molecule has 6 heteroatoms. The largest absolute Gasteiger partial charge is 0.409 e. The number of alkyl halides is 3. The van der Waals surface area contributed by atoms with E-state index >= 15 is 0 Å². The van der Waals surface area contributed by atoms with Crippen LogP contribution in [0.1, 0.15) is 43.4 Å². The Bertz CT molecular complexity index is 773. The lowest BCUT2D eigenvalue weighted by molar-refractivity contribution is -0.191. The van der Waals surface area contributed by atoms with Gasteiger partial charge in [0.25, 0.3) is 0 Å². The van der Waals surface area contributed by atoms with E-state index in [2.05, 4.69) is 5.43 Å². The van der Waals surface area contributed by atoms with Crippen molar-refractivity contribution in [2.45, 2.75) is 44.8 Å². The molecule has 0 aromatic heterocycles. The average Bonchev–Trinajstić information content (AvgIpc) is 2.97. The lowest BCUT2D eigenvalue weighted by Crippen LogP contribution is -2.44. The van der Waals surface area contributed by atoms with Gasteiger partial charge in [-0.1, -0.05) is 43.7 Å². The van der Waals surface area contributed by atoms with Crippen LogP contribution in [0, 0.1) is 0 Å². The first-order valence-electron chi connectivity index (χ1n) is 8.54. The third kappa shape index (κ3) is 3.79. The van der Waals surface area contributed by atoms with E-state index in [0.717, 1.165) is 28.6 Å². The van der Waals surface area contributed by atoms with Crippen molar-refractivity contribution in [3.05, 3.63) is 47.5 Å². The lowest BCUT2D eigenvalue weighted by atomic mass is 9.92. The number of hydrogen-bond donors (Lipinski definition) is 1. The maximum atomic E-state index is 13.9. The van der Waals surface area contributed by atoms with Crippen LogP contribution in [0.25, 0.3) is 10.8 Å². The van der Waals surface area contributed by atoms with E-state index in [1.165, 1.54) is 0 Å². The molecule has 0 aliphatic carbocycles. The molecular formula is C19H21F3N2O. The number of aryl methyl sites for hydroxylation is 1. The zero-order chi connectivity index (χ0) is 18.0. The smallest absolute Gasteiger partial charge is 0.288 e. The molecule has 0 radical (unpaired) electrons. The second kappa shape index (κ2) is 7.04. The number of hydrazine groups is 1. The first-order chi connectivity index (χ1) is 11.9. The summed E-state index contributed by atoms with van der Waals surface area (Å²) in [6.07, 6.45) is -2.07. The first kappa shape index (κ1) is 17.7. The molecule has 0 saturated carbocycles. The number of halogens is 3. The molecule has 25 heavy (non-hydrogen) atoms. The molecule has 134 valence electrons. The molecule has 2 aromatic carbocycles. The highest BCUT2D eigenvalue weighted by Crippen LogP contribution is 2.41. The molecule has 1 unspecified atom stereocenters. The summed E-state index contributed by atoms with van der Waals surface area (Å²) in [6.45, 7) is 2.08. The zero-order valence-corrected chi connectivity index (χ0v) is 14.1. The number of rotatable bonds is 5. The number of nitrogens with one attached hydrogen (secondary N) is 1. The van der Waals surface area contributed by atoms with Crippen LogP contribution in [0.3, 0.4) is 0 Å². The monoisotopic (exact) mass is 350 g/mol. The van der Waals surface area contributed by atoms with Crippen molar-refractivity contribution < 1.29 is 18.0 Å². The summed E-state index contributed by atoms with van der Waals surface area (Å²) in [5.41, 5.74) is 3.30. The molecular weight excluding hydrogens is 329 g/mol. The minimum atomic E-state index is -4.47. The molecule has 1 fully saturated rings. The molecule has 1 saturated heterocycles. The van der Waals surface area contributed by atoms with Crippen molar-refractivity contribution >= 4 is 16.7 Å². The second-order valence-electron chi connectivity index (χ2n) is 6.42. The number of unbranched alkanes of at least 4 members (excludes halogenated alkanes) is 1. The van der Waals surface area contributed by atoms with Crippen molar-refractivity contribution in [2.75, 3.05) is 6.54 Å². The Balaban J connectivity index is 2.12. The maximum absolute atomic E-state index is 13.9. The average molecular weight is 350 g/mol. The fourth-order valence-electron chi connectivity index (χ4n) is 3.35. The van der Waals surface area contributed by atoms with E-state index in [1.54, 1.807) is 6.07 Å². The van der Waals surface area contributed by atoms with E-state index in [-0.39, 0.29) is 24.4 Å². The Kier molecular flexibility index (Phi) is 4.99. The Hall–Kier alpha value is -2.08. The summed E-state index contributed by atoms with van der Waals surface area (Å²) < 4.78 is 41.7. The summed E-state index contributed by atoms with van der Waals surface area (Å²) >= 11 is 0. The second-order valence-corrected chi connectivity index (χ2v) is 6.42. The van der Waals surface area contributed by atoms with Gasteiger partial charge in [0.15, 0.2) is 0 Å². The normalized spacial score (nSPS) is 17.0. The van der Waals surface area contributed by atoms with Crippen LogP contribution >= 0.6 is 0 Å². The van der Waals surface area contributed by atoms with Crippen LogP contribution in [0.5, 0.6) is 0 Å². The van der Waals surface area contributed by atoms with E-state index in [0.29, 0.717) is 12.0 Å². The Morgan fingerprint density at radius 3 is 2.44 bits per heavy atom. The van der Waals surface area contributed by atoms with Gasteiger partial charge in [0.2, 0.25) is 5.91 Å². The van der Waals surface area contributed by atoms with Gasteiger partial charge >= 0.3 is 6.18 Å². The van der Waals surface area contributed by atoms with Crippen molar-refractivity contribution in [2.24, 2.45) is 0 Å². The Morgan fingerprint density at radius 2 is 1.88 bits per heavy atom. The molecule has 1 heterocycles. The van der Waals surface area contributed by atoms with Gasteiger partial charge < -0.3 is 0 Å². The zero-order valence-electron chi connectivity index (χ0n) is 14.1. The summed E-state index contributed by atoms with van der Waals surface area (Å²) in [4.78, 5) is 11.5. The fraction of sp³-hybridized carbons (Fsp3) is 0.421. The highest BCUT2D eigenvalue weighted by molar-refractivity contribution is 5.84. The van der Waals surface area contributed by atoms with E-state index < -0.39 is 12.2 Å². The Morgan fingerprint density at radius 1 is 1.20 bits per heavy atom. The van der Waals surface area contributed by atoms with E-state index in [4.69, 9.17) is 0 Å². The van der Waals surface area contributed by atoms with Gasteiger partial charge in [-0.05, 0) is 40.8 Å². The van der Waals surface area contributed by atoms with Crippen LogP contribution in [0.15, 0.2) is 36.4 Å². The standard InChI is InChI=1S/C19H21F3N2O/c1-2-3-6-15-11-13-7-4-5-8-14(13)12-16(15)18(19(20,21)22)24-10-9-17(25)23-24/h4-5,7-8,11-12,18H,2-3,6,9-10H2,1H3,(H,23,25). The van der Waals surface area contributed by atoms with Gasteiger partial charge in [-0.3, -0.25) is 10.2 Å². The van der Waals surface area contributed by atoms with E-state index in [9.17, 15) is 18.0 Å². The Labute approximate surface area is 144 Å². The number of carbonyl (C=O) groups is 1. The van der Waals surface area contributed by atoms with Gasteiger partial charge in [-0.25, -0.2) is 5.01 Å². The third-order valence-corrected chi connectivity index (χ3v) is 4.57. The third-order valence-electron chi connectivity index (χ3n) is 4.57. The van der Waals surface area contributed by atoms with Gasteiger partial charge in [-0.15, -0.1) is 0 Å². The van der Waals surface area contributed by atoms with Gasteiger partial charge in [-0.2, -0.15) is 13.2 Å². The number of fused-ring (bicyclic) bond motifs is 1. The predicted octanol–water partition coefficient (Wildman–Crippen LogP) is 4.52. The molecule has 1 aliphatic rings. The van der Waals surface area contributed by atoms with Crippen LogP contribution in [-0.2, 0) is 11.2 Å². The predicted molar refractivity (Wildman–Crippen MR) is 90.8 cm³/mol. The SMILES string of the molecule is CCCCc1cc2ccccc2cc1C(N1CCC(=O)N1)C(F)(F)F. The molecule has 1 amide bonds. The molecule has 0 bridgehead atoms. The van der Waals surface area contributed by atoms with Crippen molar-refractivity contribution in [3.8, 4) is 0 Å². The minimum Gasteiger partial charge on any atom is -0.288 e. The highest BCUT2D eigenvalue weighted by Gasteiger charge is 2.47. The number of benzene rings is 2. The maximum Gasteiger partial charge on any atom is 0.409 e. The van der Waals surface area contributed by atoms with Gasteiger partial charge in [0, 0.05) is 13.0 Å². The topological polar surface area (TPSA) is 32.3 Å². The summed E-state index contributed by atoms with van der Waals surface area (Å²) in [5, 5.41) is 2.74. The first-order valence-corrected chi connectivity index (χ1v) is 8.54. The van der Waals surface area contributed by atoms with Crippen LogP contribution in [0.4, 0.5) is 13.2 Å². The molecule has 0 spiro atoms. The molecule has 2 aromatic rings. The van der Waals surface area contributed by atoms with Crippen molar-refractivity contribution in [1.29, 1.82) is 0 Å². The lowest BCUT2D eigenvalue weighted by Gasteiger charge is -2.31. The molecule has 3 rings (SSSR count). The summed E-state index contributed by atoms with van der Waals surface area (Å²) in [6, 6.07) is 9.09. The summed E-state index contributed by atoms with van der Waals surface area (Å²) in [7, 11) is 0. The van der Waals surface area contributed by atoms with Gasteiger partial charge in [0.1, 0.15) is 6.04 Å². The fourth-order valence-corrected chi connectivity index (χ4v) is 3.35. The number of nitrogens with zero attached hydrogens (tertiary/aromatic N) is 1. The van der Waals surface area contributed by atoms with Crippen LogP contribution < -0.4 is 5.43 Å². The molecule has 1 atom stereocenters. The number of carbonyl (C=O) groups excluding carboxylic acids is 1. The van der Waals surface area contributed by atoms with Gasteiger partial charge in [0.05, 0.1) is 0 Å². The number of amides is 1. The quantitative estimate of drug-likeness (QED) is 0.860.